The van der Waals surface area contributed by atoms with E-state index in [9.17, 15) is 18.0 Å². The molecule has 0 bridgehead atoms. The molecule has 0 aliphatic rings. The van der Waals surface area contributed by atoms with E-state index in [0.29, 0.717) is 0 Å². The second-order valence-corrected chi connectivity index (χ2v) is 3.96. The Kier molecular flexibility index (Phi) is 4.47. The summed E-state index contributed by atoms with van der Waals surface area (Å²) in [7, 11) is 0. The number of hydrogen-bond acceptors (Lipinski definition) is 2. The highest BCUT2D eigenvalue weighted by atomic mass is 35.5. The fourth-order valence-electron chi connectivity index (χ4n) is 0.968. The zero-order valence-corrected chi connectivity index (χ0v) is 9.60. The number of amides is 1. The maximum atomic E-state index is 11.9. The van der Waals surface area contributed by atoms with Crippen LogP contribution in [0.3, 0.4) is 0 Å². The highest BCUT2D eigenvalue weighted by Gasteiger charge is 2.31. The number of carbonyl (C=O) groups excluding carboxylic acids is 1. The van der Waals surface area contributed by atoms with Gasteiger partial charge in [-0.3, -0.25) is 4.79 Å². The molecule has 0 saturated carbocycles. The first-order chi connectivity index (χ1) is 7.78. The Hall–Kier alpha value is -1.14. The third kappa shape index (κ3) is 5.14. The van der Waals surface area contributed by atoms with Gasteiger partial charge in [0.1, 0.15) is 5.75 Å². The lowest BCUT2D eigenvalue weighted by Gasteiger charge is -2.10. The predicted octanol–water partition coefficient (Wildman–Crippen LogP) is 3.33. The Balaban J connectivity index is 2.76. The number of rotatable bonds is 3. The van der Waals surface area contributed by atoms with Gasteiger partial charge < -0.3 is 10.1 Å². The molecule has 0 heterocycles. The van der Waals surface area contributed by atoms with Crippen LogP contribution in [0.1, 0.15) is 0 Å². The molecule has 0 saturated heterocycles. The predicted molar refractivity (Wildman–Crippen MR) is 57.2 cm³/mol. The minimum atomic E-state index is -4.79. The second-order valence-electron chi connectivity index (χ2n) is 2.87. The van der Waals surface area contributed by atoms with E-state index in [1.807, 2.05) is 0 Å². The number of nitrogens with one attached hydrogen (secondary N) is 1. The van der Waals surface area contributed by atoms with Crippen molar-refractivity contribution in [3.05, 3.63) is 24.3 Å². The average molecular weight is 288 g/mol. The summed E-state index contributed by atoms with van der Waals surface area (Å²) in [5.41, 5.74) is 0.100. The second kappa shape index (κ2) is 5.46. The Labute approximate surface area is 104 Å². The quantitative estimate of drug-likeness (QED) is 0.866. The van der Waals surface area contributed by atoms with Gasteiger partial charge in [0.15, 0.2) is 4.84 Å². The molecule has 1 N–H and O–H groups in total. The molecule has 0 unspecified atom stereocenters. The van der Waals surface area contributed by atoms with Gasteiger partial charge in [0.2, 0.25) is 0 Å². The van der Waals surface area contributed by atoms with Crippen molar-refractivity contribution < 1.29 is 22.7 Å². The van der Waals surface area contributed by atoms with Crippen LogP contribution in [0.4, 0.5) is 18.9 Å². The molecular formula is C9H6Cl2F3NO2. The van der Waals surface area contributed by atoms with Gasteiger partial charge in [0, 0.05) is 11.8 Å². The maximum absolute atomic E-state index is 11.9. The molecule has 0 spiro atoms. The van der Waals surface area contributed by atoms with Crippen LogP contribution in [-0.2, 0) is 4.79 Å². The molecule has 0 aromatic heterocycles. The standard InChI is InChI=1S/C9H6Cl2F3NO2/c10-7(11)8(16)15-5-2-1-3-6(4-5)17-9(12,13)14/h1-4,7H,(H,15,16). The van der Waals surface area contributed by atoms with E-state index in [1.165, 1.54) is 12.1 Å². The summed E-state index contributed by atoms with van der Waals surface area (Å²) in [5.74, 6) is -1.19. The van der Waals surface area contributed by atoms with Crippen molar-refractivity contribution >= 4 is 34.8 Å². The molecular weight excluding hydrogens is 282 g/mol. The van der Waals surface area contributed by atoms with Gasteiger partial charge in [0.05, 0.1) is 0 Å². The van der Waals surface area contributed by atoms with Gasteiger partial charge in [-0.25, -0.2) is 0 Å². The number of alkyl halides is 5. The Morgan fingerprint density at radius 1 is 1.35 bits per heavy atom. The van der Waals surface area contributed by atoms with Crippen molar-refractivity contribution in [2.45, 2.75) is 11.2 Å². The molecule has 94 valence electrons. The molecule has 0 radical (unpaired) electrons. The first-order valence-electron chi connectivity index (χ1n) is 4.23. The molecule has 0 aliphatic heterocycles. The number of halogens is 5. The monoisotopic (exact) mass is 287 g/mol. The van der Waals surface area contributed by atoms with Gasteiger partial charge in [-0.1, -0.05) is 29.3 Å². The summed E-state index contributed by atoms with van der Waals surface area (Å²) in [6.45, 7) is 0. The van der Waals surface area contributed by atoms with Crippen LogP contribution in [0.25, 0.3) is 0 Å². The number of benzene rings is 1. The highest BCUT2D eigenvalue weighted by molar-refractivity contribution is 6.54. The molecule has 0 fully saturated rings. The Bertz CT molecular complexity index is 409. The molecule has 17 heavy (non-hydrogen) atoms. The molecule has 0 aliphatic carbocycles. The fraction of sp³-hybridized carbons (Fsp3) is 0.222. The third-order valence-corrected chi connectivity index (χ3v) is 1.93. The lowest BCUT2D eigenvalue weighted by molar-refractivity contribution is -0.274. The van der Waals surface area contributed by atoms with E-state index >= 15 is 0 Å². The van der Waals surface area contributed by atoms with Crippen LogP contribution in [0.5, 0.6) is 5.75 Å². The van der Waals surface area contributed by atoms with Crippen LogP contribution in [-0.4, -0.2) is 17.1 Å². The largest absolute Gasteiger partial charge is 0.573 e. The number of anilines is 1. The van der Waals surface area contributed by atoms with Crippen molar-refractivity contribution in [2.75, 3.05) is 5.32 Å². The fourth-order valence-corrected chi connectivity index (χ4v) is 1.08. The van der Waals surface area contributed by atoms with Crippen LogP contribution in [0, 0.1) is 0 Å². The van der Waals surface area contributed by atoms with Gasteiger partial charge in [-0.2, -0.15) is 0 Å². The van der Waals surface area contributed by atoms with Crippen molar-refractivity contribution in [3.63, 3.8) is 0 Å². The zero-order valence-electron chi connectivity index (χ0n) is 8.09. The molecule has 1 rings (SSSR count). The van der Waals surface area contributed by atoms with E-state index in [-0.39, 0.29) is 5.69 Å². The number of hydrogen-bond donors (Lipinski definition) is 1. The Morgan fingerprint density at radius 3 is 2.53 bits per heavy atom. The van der Waals surface area contributed by atoms with Crippen molar-refractivity contribution in [3.8, 4) is 5.75 Å². The number of carbonyl (C=O) groups is 1. The lowest BCUT2D eigenvalue weighted by Crippen LogP contribution is -2.19. The molecule has 1 aromatic rings. The molecule has 1 aromatic carbocycles. The van der Waals surface area contributed by atoms with Gasteiger partial charge in [0.25, 0.3) is 5.91 Å². The third-order valence-electron chi connectivity index (χ3n) is 1.53. The summed E-state index contributed by atoms with van der Waals surface area (Å²) in [6, 6.07) is 4.76. The first-order valence-corrected chi connectivity index (χ1v) is 5.10. The highest BCUT2D eigenvalue weighted by Crippen LogP contribution is 2.25. The molecule has 0 atom stereocenters. The molecule has 1 amide bonds. The summed E-state index contributed by atoms with van der Waals surface area (Å²) in [6.07, 6.45) is -4.79. The van der Waals surface area contributed by atoms with E-state index < -0.39 is 22.9 Å². The SMILES string of the molecule is O=C(Nc1cccc(OC(F)(F)F)c1)C(Cl)Cl. The Morgan fingerprint density at radius 2 is 2.00 bits per heavy atom. The minimum absolute atomic E-state index is 0.100. The zero-order chi connectivity index (χ0) is 13.1. The van der Waals surface area contributed by atoms with Gasteiger partial charge >= 0.3 is 6.36 Å². The summed E-state index contributed by atoms with van der Waals surface area (Å²) < 4.78 is 39.4. The maximum Gasteiger partial charge on any atom is 0.573 e. The molecule has 8 heteroatoms. The van der Waals surface area contributed by atoms with Crippen molar-refractivity contribution in [1.29, 1.82) is 0 Å². The smallest absolute Gasteiger partial charge is 0.406 e. The first kappa shape index (κ1) is 13.9. The lowest BCUT2D eigenvalue weighted by atomic mass is 10.3. The topological polar surface area (TPSA) is 38.3 Å². The van der Waals surface area contributed by atoms with Gasteiger partial charge in [-0.05, 0) is 12.1 Å². The number of ether oxygens (including phenoxy) is 1. The van der Waals surface area contributed by atoms with Crippen LogP contribution in [0.2, 0.25) is 0 Å². The van der Waals surface area contributed by atoms with E-state index in [0.717, 1.165) is 12.1 Å². The van der Waals surface area contributed by atoms with E-state index in [1.54, 1.807) is 0 Å². The summed E-state index contributed by atoms with van der Waals surface area (Å²) in [5, 5.41) is 2.22. The van der Waals surface area contributed by atoms with E-state index in [2.05, 4.69) is 10.1 Å². The van der Waals surface area contributed by atoms with Crippen molar-refractivity contribution in [2.24, 2.45) is 0 Å². The average Bonchev–Trinajstić information content (AvgIpc) is 2.15. The van der Waals surface area contributed by atoms with Crippen molar-refractivity contribution in [1.82, 2.24) is 0 Å². The molecule has 3 nitrogen and oxygen atoms in total. The van der Waals surface area contributed by atoms with Crippen LogP contribution >= 0.6 is 23.2 Å². The minimum Gasteiger partial charge on any atom is -0.406 e. The summed E-state index contributed by atoms with van der Waals surface area (Å²) in [4.78, 5) is 9.77. The normalized spacial score (nSPS) is 11.4. The van der Waals surface area contributed by atoms with Crippen LogP contribution < -0.4 is 10.1 Å². The van der Waals surface area contributed by atoms with Gasteiger partial charge in [-0.15, -0.1) is 13.2 Å². The summed E-state index contributed by atoms with van der Waals surface area (Å²) >= 11 is 10.5. The van der Waals surface area contributed by atoms with Crippen LogP contribution in [0.15, 0.2) is 24.3 Å². The van der Waals surface area contributed by atoms with E-state index in [4.69, 9.17) is 23.2 Å².